The third-order valence-corrected chi connectivity index (χ3v) is 3.54. The molecule has 2 heterocycles. The van der Waals surface area contributed by atoms with E-state index in [1.54, 1.807) is 10.9 Å². The van der Waals surface area contributed by atoms with Crippen LogP contribution in [0.15, 0.2) is 12.4 Å². The van der Waals surface area contributed by atoms with Crippen LogP contribution in [0.5, 0.6) is 0 Å². The first-order valence-corrected chi connectivity index (χ1v) is 6.98. The molecule has 0 aliphatic rings. The summed E-state index contributed by atoms with van der Waals surface area (Å²) < 4.78 is 3.73. The van der Waals surface area contributed by atoms with Gasteiger partial charge >= 0.3 is 0 Å². The highest BCUT2D eigenvalue weighted by Gasteiger charge is 2.07. The molecule has 0 amide bonds. The van der Waals surface area contributed by atoms with E-state index in [-0.39, 0.29) is 0 Å². The second kappa shape index (κ2) is 6.04. The summed E-state index contributed by atoms with van der Waals surface area (Å²) in [7, 11) is 1.90. The van der Waals surface area contributed by atoms with Crippen molar-refractivity contribution < 1.29 is 0 Å². The maximum Gasteiger partial charge on any atom is 0.171 e. The molecule has 6 nitrogen and oxygen atoms in total. The van der Waals surface area contributed by atoms with E-state index in [4.69, 9.17) is 12.2 Å². The van der Waals surface area contributed by atoms with Gasteiger partial charge in [0, 0.05) is 31.9 Å². The molecule has 2 N–H and O–H groups in total. The van der Waals surface area contributed by atoms with Gasteiger partial charge in [-0.3, -0.25) is 9.36 Å². The SMILES string of the molecule is CCn1cc(CNC(=S)Nc2cnn(C)c2C)c(C)n1. The van der Waals surface area contributed by atoms with Crippen molar-refractivity contribution in [1.29, 1.82) is 0 Å². The van der Waals surface area contributed by atoms with Gasteiger partial charge in [-0.2, -0.15) is 10.2 Å². The van der Waals surface area contributed by atoms with Crippen molar-refractivity contribution in [2.45, 2.75) is 33.9 Å². The summed E-state index contributed by atoms with van der Waals surface area (Å²) in [5.41, 5.74) is 4.15. The number of anilines is 1. The highest BCUT2D eigenvalue weighted by molar-refractivity contribution is 7.80. The van der Waals surface area contributed by atoms with Gasteiger partial charge in [-0.15, -0.1) is 0 Å². The third-order valence-electron chi connectivity index (χ3n) is 3.29. The molecule has 0 spiro atoms. The minimum atomic E-state index is 0.588. The minimum absolute atomic E-state index is 0.588. The first-order chi connectivity index (χ1) is 9.51. The van der Waals surface area contributed by atoms with Gasteiger partial charge in [-0.05, 0) is 33.0 Å². The van der Waals surface area contributed by atoms with Crippen LogP contribution in [0.2, 0.25) is 0 Å². The highest BCUT2D eigenvalue weighted by Crippen LogP contribution is 2.12. The molecule has 20 heavy (non-hydrogen) atoms. The van der Waals surface area contributed by atoms with Crippen molar-refractivity contribution in [1.82, 2.24) is 24.9 Å². The molecule has 0 aliphatic carbocycles. The van der Waals surface area contributed by atoms with Crippen LogP contribution in [-0.2, 0) is 20.1 Å². The van der Waals surface area contributed by atoms with E-state index in [2.05, 4.69) is 27.8 Å². The lowest BCUT2D eigenvalue weighted by molar-refractivity contribution is 0.653. The average Bonchev–Trinajstić information content (AvgIpc) is 2.94. The molecule has 0 bridgehead atoms. The second-order valence-electron chi connectivity index (χ2n) is 4.67. The third kappa shape index (κ3) is 3.16. The Balaban J connectivity index is 1.92. The van der Waals surface area contributed by atoms with E-state index >= 15 is 0 Å². The van der Waals surface area contributed by atoms with Crippen molar-refractivity contribution in [3.05, 3.63) is 29.3 Å². The minimum Gasteiger partial charge on any atom is -0.358 e. The van der Waals surface area contributed by atoms with Crippen molar-refractivity contribution in [3.63, 3.8) is 0 Å². The average molecular weight is 292 g/mol. The van der Waals surface area contributed by atoms with Crippen LogP contribution in [0, 0.1) is 13.8 Å². The van der Waals surface area contributed by atoms with E-state index in [0.29, 0.717) is 11.7 Å². The Kier molecular flexibility index (Phi) is 4.39. The Morgan fingerprint density at radius 3 is 2.70 bits per heavy atom. The highest BCUT2D eigenvalue weighted by atomic mass is 32.1. The van der Waals surface area contributed by atoms with Gasteiger partial charge in [-0.25, -0.2) is 0 Å². The molecule has 0 aliphatic heterocycles. The number of thiocarbonyl (C=S) groups is 1. The lowest BCUT2D eigenvalue weighted by Gasteiger charge is -2.09. The van der Waals surface area contributed by atoms with E-state index in [0.717, 1.165) is 29.2 Å². The molecule has 0 saturated heterocycles. The maximum atomic E-state index is 5.30. The van der Waals surface area contributed by atoms with Crippen molar-refractivity contribution in [3.8, 4) is 0 Å². The number of aryl methyl sites for hydroxylation is 3. The smallest absolute Gasteiger partial charge is 0.171 e. The van der Waals surface area contributed by atoms with Crippen LogP contribution in [0.25, 0.3) is 0 Å². The number of hydrogen-bond donors (Lipinski definition) is 2. The zero-order chi connectivity index (χ0) is 14.7. The Morgan fingerprint density at radius 2 is 2.15 bits per heavy atom. The fraction of sp³-hybridized carbons (Fsp3) is 0.462. The molecule has 2 aromatic rings. The van der Waals surface area contributed by atoms with Crippen LogP contribution in [-0.4, -0.2) is 24.7 Å². The summed E-state index contributed by atoms with van der Waals surface area (Å²) in [6, 6.07) is 0. The summed E-state index contributed by atoms with van der Waals surface area (Å²) in [5, 5.41) is 15.5. The molecule has 0 aromatic carbocycles. The fourth-order valence-corrected chi connectivity index (χ4v) is 2.04. The quantitative estimate of drug-likeness (QED) is 0.841. The molecule has 0 radical (unpaired) electrons. The monoisotopic (exact) mass is 292 g/mol. The summed E-state index contributed by atoms with van der Waals surface area (Å²) in [5.74, 6) is 0. The lowest BCUT2D eigenvalue weighted by atomic mass is 10.3. The summed E-state index contributed by atoms with van der Waals surface area (Å²) >= 11 is 5.30. The largest absolute Gasteiger partial charge is 0.358 e. The van der Waals surface area contributed by atoms with Crippen LogP contribution in [0.4, 0.5) is 5.69 Å². The van der Waals surface area contributed by atoms with Gasteiger partial charge in [0.2, 0.25) is 0 Å². The molecule has 2 aromatic heterocycles. The van der Waals surface area contributed by atoms with Gasteiger partial charge in [0.1, 0.15) is 0 Å². The molecule has 0 saturated carbocycles. The maximum absolute atomic E-state index is 5.30. The topological polar surface area (TPSA) is 59.7 Å². The van der Waals surface area contributed by atoms with Crippen LogP contribution in [0.3, 0.4) is 0 Å². The number of nitrogens with zero attached hydrogens (tertiary/aromatic N) is 4. The molecular formula is C13H20N6S. The number of nitrogens with one attached hydrogen (secondary N) is 2. The number of hydrogen-bond acceptors (Lipinski definition) is 3. The number of aromatic nitrogens is 4. The zero-order valence-electron chi connectivity index (χ0n) is 12.3. The Hall–Kier alpha value is -1.89. The normalized spacial score (nSPS) is 10.6. The van der Waals surface area contributed by atoms with Gasteiger partial charge in [-0.1, -0.05) is 0 Å². The first-order valence-electron chi connectivity index (χ1n) is 6.57. The molecule has 2 rings (SSSR count). The van der Waals surface area contributed by atoms with Gasteiger partial charge < -0.3 is 10.6 Å². The van der Waals surface area contributed by atoms with Gasteiger partial charge in [0.25, 0.3) is 0 Å². The van der Waals surface area contributed by atoms with E-state index in [9.17, 15) is 0 Å². The first kappa shape index (κ1) is 14.5. The molecule has 108 valence electrons. The lowest BCUT2D eigenvalue weighted by Crippen LogP contribution is -2.28. The number of rotatable bonds is 4. The van der Waals surface area contributed by atoms with Crippen LogP contribution in [0.1, 0.15) is 23.9 Å². The Morgan fingerprint density at radius 1 is 1.40 bits per heavy atom. The van der Waals surface area contributed by atoms with Gasteiger partial charge in [0.05, 0.1) is 23.3 Å². The van der Waals surface area contributed by atoms with E-state index in [1.807, 2.05) is 31.8 Å². The summed E-state index contributed by atoms with van der Waals surface area (Å²) in [6.07, 6.45) is 3.81. The molecule has 0 unspecified atom stereocenters. The summed E-state index contributed by atoms with van der Waals surface area (Å²) in [4.78, 5) is 0. The molecule has 7 heteroatoms. The van der Waals surface area contributed by atoms with Crippen LogP contribution >= 0.6 is 12.2 Å². The predicted octanol–water partition coefficient (Wildman–Crippen LogP) is 1.74. The van der Waals surface area contributed by atoms with Crippen molar-refractivity contribution >= 4 is 23.0 Å². The van der Waals surface area contributed by atoms with E-state index in [1.165, 1.54) is 0 Å². The molecule has 0 atom stereocenters. The molecule has 0 fully saturated rings. The second-order valence-corrected chi connectivity index (χ2v) is 5.08. The molecular weight excluding hydrogens is 272 g/mol. The van der Waals surface area contributed by atoms with Crippen molar-refractivity contribution in [2.75, 3.05) is 5.32 Å². The zero-order valence-corrected chi connectivity index (χ0v) is 13.1. The van der Waals surface area contributed by atoms with Gasteiger partial charge in [0.15, 0.2) is 5.11 Å². The Labute approximate surface area is 124 Å². The van der Waals surface area contributed by atoms with Crippen molar-refractivity contribution in [2.24, 2.45) is 7.05 Å². The standard InChI is InChI=1S/C13H20N6S/c1-5-19-8-11(9(2)17-19)6-14-13(20)16-12-7-15-18(4)10(12)3/h7-8H,5-6H2,1-4H3,(H2,14,16,20). The predicted molar refractivity (Wildman–Crippen MR) is 83.6 cm³/mol. The summed E-state index contributed by atoms with van der Waals surface area (Å²) in [6.45, 7) is 7.61. The van der Waals surface area contributed by atoms with Crippen LogP contribution < -0.4 is 10.6 Å². The van der Waals surface area contributed by atoms with E-state index < -0.39 is 0 Å². The Bertz CT molecular complexity index is 612. The fourth-order valence-electron chi connectivity index (χ4n) is 1.86.